The van der Waals surface area contributed by atoms with Crippen molar-refractivity contribution in [2.45, 2.75) is 37.6 Å². The summed E-state index contributed by atoms with van der Waals surface area (Å²) in [6.45, 7) is 0.561. The smallest absolute Gasteiger partial charge is 0.416 e. The Morgan fingerprint density at radius 1 is 1.25 bits per heavy atom. The SMILES string of the molecule is CNC1=C(c2cccc(C(F)(F)F)c2)C(=O)C(C2CCCCO2)O1. The predicted molar refractivity (Wildman–Crippen MR) is 80.9 cm³/mol. The first-order valence-electron chi connectivity index (χ1n) is 7.84. The zero-order valence-corrected chi connectivity index (χ0v) is 13.2. The Hall–Kier alpha value is -2.02. The second-order valence-electron chi connectivity index (χ2n) is 5.84. The fourth-order valence-corrected chi connectivity index (χ4v) is 3.05. The standard InChI is InChI=1S/C17H18F3NO3/c1-21-16-13(10-5-4-6-11(9-10)17(18,19)20)14(22)15(24-16)12-7-2-3-8-23-12/h4-6,9,12,15,21H,2-3,7-8H2,1H3. The van der Waals surface area contributed by atoms with E-state index in [4.69, 9.17) is 9.47 Å². The van der Waals surface area contributed by atoms with Crippen molar-refractivity contribution >= 4 is 11.4 Å². The zero-order valence-electron chi connectivity index (χ0n) is 13.2. The van der Waals surface area contributed by atoms with E-state index in [0.29, 0.717) is 13.0 Å². The van der Waals surface area contributed by atoms with E-state index in [2.05, 4.69) is 5.32 Å². The third-order valence-corrected chi connectivity index (χ3v) is 4.23. The second kappa shape index (κ2) is 6.47. The third-order valence-electron chi connectivity index (χ3n) is 4.23. The van der Waals surface area contributed by atoms with Crippen LogP contribution in [0.5, 0.6) is 0 Å². The molecule has 1 aromatic rings. The number of hydrogen-bond acceptors (Lipinski definition) is 4. The van der Waals surface area contributed by atoms with Crippen LogP contribution in [-0.2, 0) is 20.4 Å². The van der Waals surface area contributed by atoms with E-state index in [1.807, 2.05) is 0 Å². The van der Waals surface area contributed by atoms with Gasteiger partial charge in [-0.3, -0.25) is 4.79 Å². The number of ether oxygens (including phenoxy) is 2. The van der Waals surface area contributed by atoms with E-state index in [0.717, 1.165) is 25.0 Å². The molecule has 0 saturated carbocycles. The van der Waals surface area contributed by atoms with E-state index < -0.39 is 17.8 Å². The Bertz CT molecular complexity index is 663. The highest BCUT2D eigenvalue weighted by molar-refractivity contribution is 6.25. The Morgan fingerprint density at radius 3 is 2.67 bits per heavy atom. The van der Waals surface area contributed by atoms with Gasteiger partial charge < -0.3 is 14.8 Å². The summed E-state index contributed by atoms with van der Waals surface area (Å²) in [6, 6.07) is 4.71. The maximum Gasteiger partial charge on any atom is 0.416 e. The number of benzene rings is 1. The van der Waals surface area contributed by atoms with E-state index >= 15 is 0 Å². The van der Waals surface area contributed by atoms with Gasteiger partial charge in [-0.1, -0.05) is 12.1 Å². The van der Waals surface area contributed by atoms with Gasteiger partial charge in [0.1, 0.15) is 6.10 Å². The fraction of sp³-hybridized carbons (Fsp3) is 0.471. The number of alkyl halides is 3. The number of carbonyl (C=O) groups excluding carboxylic acids is 1. The van der Waals surface area contributed by atoms with Crippen molar-refractivity contribution in [2.75, 3.05) is 13.7 Å². The summed E-state index contributed by atoms with van der Waals surface area (Å²) in [4.78, 5) is 12.8. The van der Waals surface area contributed by atoms with Crippen molar-refractivity contribution in [3.05, 3.63) is 41.3 Å². The molecule has 0 aliphatic carbocycles. The van der Waals surface area contributed by atoms with Crippen LogP contribution in [0.4, 0.5) is 13.2 Å². The molecule has 0 radical (unpaired) electrons. The molecule has 1 fully saturated rings. The molecule has 7 heteroatoms. The van der Waals surface area contributed by atoms with Crippen LogP contribution in [0.1, 0.15) is 30.4 Å². The first-order chi connectivity index (χ1) is 11.4. The molecule has 24 heavy (non-hydrogen) atoms. The predicted octanol–water partition coefficient (Wildman–Crippen LogP) is 3.13. The Balaban J connectivity index is 1.92. The van der Waals surface area contributed by atoms with Crippen molar-refractivity contribution < 1.29 is 27.4 Å². The van der Waals surface area contributed by atoms with E-state index in [-0.39, 0.29) is 28.9 Å². The monoisotopic (exact) mass is 341 g/mol. The molecule has 0 aromatic heterocycles. The van der Waals surface area contributed by atoms with Crippen molar-refractivity contribution in [2.24, 2.45) is 0 Å². The maximum absolute atomic E-state index is 12.9. The van der Waals surface area contributed by atoms with Gasteiger partial charge in [0.05, 0.1) is 11.1 Å². The Kier molecular flexibility index (Phi) is 4.54. The first-order valence-corrected chi connectivity index (χ1v) is 7.84. The molecular formula is C17H18F3NO3. The van der Waals surface area contributed by atoms with Gasteiger partial charge in [-0.15, -0.1) is 0 Å². The van der Waals surface area contributed by atoms with E-state index in [1.165, 1.54) is 12.1 Å². The minimum Gasteiger partial charge on any atom is -0.464 e. The highest BCUT2D eigenvalue weighted by Gasteiger charge is 2.42. The van der Waals surface area contributed by atoms with Crippen molar-refractivity contribution in [1.29, 1.82) is 0 Å². The molecule has 2 atom stereocenters. The normalized spacial score (nSPS) is 24.9. The van der Waals surface area contributed by atoms with Gasteiger partial charge in [0, 0.05) is 13.7 Å². The lowest BCUT2D eigenvalue weighted by molar-refractivity contribution is -0.137. The molecule has 1 N–H and O–H groups in total. The number of rotatable bonds is 3. The molecule has 2 aliphatic heterocycles. The van der Waals surface area contributed by atoms with Gasteiger partial charge in [0.25, 0.3) is 0 Å². The molecule has 3 rings (SSSR count). The van der Waals surface area contributed by atoms with Gasteiger partial charge in [0.2, 0.25) is 5.78 Å². The molecule has 2 aliphatic rings. The molecule has 1 saturated heterocycles. The number of halogens is 3. The molecule has 0 bridgehead atoms. The number of hydrogen-bond donors (Lipinski definition) is 1. The van der Waals surface area contributed by atoms with Crippen molar-refractivity contribution in [3.63, 3.8) is 0 Å². The molecule has 130 valence electrons. The largest absolute Gasteiger partial charge is 0.464 e. The maximum atomic E-state index is 12.9. The van der Waals surface area contributed by atoms with Crippen LogP contribution >= 0.6 is 0 Å². The average Bonchev–Trinajstić information content (AvgIpc) is 2.91. The van der Waals surface area contributed by atoms with Gasteiger partial charge in [-0.25, -0.2) is 0 Å². The highest BCUT2D eigenvalue weighted by Crippen LogP contribution is 2.36. The summed E-state index contributed by atoms with van der Waals surface area (Å²) >= 11 is 0. The van der Waals surface area contributed by atoms with Crippen LogP contribution in [0.25, 0.3) is 5.57 Å². The summed E-state index contributed by atoms with van der Waals surface area (Å²) in [6.07, 6.45) is -3.07. The Morgan fingerprint density at radius 2 is 2.04 bits per heavy atom. The average molecular weight is 341 g/mol. The number of carbonyl (C=O) groups is 1. The summed E-state index contributed by atoms with van der Waals surface area (Å²) < 4.78 is 50.1. The van der Waals surface area contributed by atoms with Gasteiger partial charge >= 0.3 is 6.18 Å². The minimum absolute atomic E-state index is 0.141. The Labute approximate surface area is 137 Å². The summed E-state index contributed by atoms with van der Waals surface area (Å²) in [7, 11) is 1.57. The molecule has 2 heterocycles. The fourth-order valence-electron chi connectivity index (χ4n) is 3.05. The van der Waals surface area contributed by atoms with Crippen molar-refractivity contribution in [1.82, 2.24) is 5.32 Å². The highest BCUT2D eigenvalue weighted by atomic mass is 19.4. The summed E-state index contributed by atoms with van der Waals surface area (Å²) in [5, 5.41) is 2.77. The molecule has 2 unspecified atom stereocenters. The van der Waals surface area contributed by atoms with Crippen LogP contribution in [0.15, 0.2) is 30.1 Å². The third kappa shape index (κ3) is 3.13. The van der Waals surface area contributed by atoms with Crippen LogP contribution in [-0.4, -0.2) is 31.6 Å². The van der Waals surface area contributed by atoms with Crippen LogP contribution in [0.2, 0.25) is 0 Å². The summed E-state index contributed by atoms with van der Waals surface area (Å²) in [5.41, 5.74) is -0.464. The van der Waals surface area contributed by atoms with Crippen LogP contribution < -0.4 is 5.32 Å². The molecule has 1 aromatic carbocycles. The molecule has 0 spiro atoms. The van der Waals surface area contributed by atoms with Gasteiger partial charge in [-0.2, -0.15) is 13.2 Å². The molecule has 0 amide bonds. The van der Waals surface area contributed by atoms with Crippen LogP contribution in [0, 0.1) is 0 Å². The minimum atomic E-state index is -4.47. The van der Waals surface area contributed by atoms with E-state index in [9.17, 15) is 18.0 Å². The lowest BCUT2D eigenvalue weighted by Crippen LogP contribution is -2.37. The summed E-state index contributed by atoms with van der Waals surface area (Å²) in [5.74, 6) is -0.149. The number of ketones is 1. The first kappa shape index (κ1) is 16.8. The number of Topliss-reactive ketones (excluding diaryl/α,β-unsaturated/α-hetero) is 1. The molecular weight excluding hydrogens is 323 g/mol. The lowest BCUT2D eigenvalue weighted by atomic mass is 9.94. The van der Waals surface area contributed by atoms with E-state index in [1.54, 1.807) is 7.05 Å². The quantitative estimate of drug-likeness (QED) is 0.918. The van der Waals surface area contributed by atoms with Gasteiger partial charge in [0.15, 0.2) is 12.0 Å². The topological polar surface area (TPSA) is 47.6 Å². The second-order valence-corrected chi connectivity index (χ2v) is 5.84. The van der Waals surface area contributed by atoms with Gasteiger partial charge in [-0.05, 0) is 37.0 Å². The zero-order chi connectivity index (χ0) is 17.3. The van der Waals surface area contributed by atoms with Crippen LogP contribution in [0.3, 0.4) is 0 Å². The lowest BCUT2D eigenvalue weighted by Gasteiger charge is -2.26. The molecule has 4 nitrogen and oxygen atoms in total. The van der Waals surface area contributed by atoms with Crippen molar-refractivity contribution in [3.8, 4) is 0 Å². The number of nitrogens with one attached hydrogen (secondary N) is 1.